The lowest BCUT2D eigenvalue weighted by Gasteiger charge is -1.90. The zero-order valence-electron chi connectivity index (χ0n) is 6.38. The molecule has 11 heavy (non-hydrogen) atoms. The van der Waals surface area contributed by atoms with Crippen molar-refractivity contribution in [2.45, 2.75) is 13.5 Å². The van der Waals surface area contributed by atoms with Gasteiger partial charge in [0.05, 0.1) is 6.07 Å². The molecule has 0 spiro atoms. The van der Waals surface area contributed by atoms with Crippen molar-refractivity contribution in [2.24, 2.45) is 0 Å². The van der Waals surface area contributed by atoms with E-state index in [1.807, 2.05) is 6.07 Å². The van der Waals surface area contributed by atoms with Gasteiger partial charge in [-0.15, -0.1) is 0 Å². The molecule has 2 rings (SSSR count). The summed E-state index contributed by atoms with van der Waals surface area (Å²) in [4.78, 5) is 0. The maximum atomic E-state index is 5.32. The van der Waals surface area contributed by atoms with Gasteiger partial charge >= 0.3 is 5.88 Å². The Balaban J connectivity index is 0.000000605. The number of hydrogen-bond acceptors (Lipinski definition) is 1. The summed E-state index contributed by atoms with van der Waals surface area (Å²) < 4.78 is 7.45. The number of halogens is 1. The van der Waals surface area contributed by atoms with Gasteiger partial charge in [-0.3, -0.25) is 0 Å². The van der Waals surface area contributed by atoms with E-state index in [9.17, 15) is 0 Å². The Bertz CT molecular complexity index is 262. The van der Waals surface area contributed by atoms with Crippen LogP contribution in [0.1, 0.15) is 5.56 Å². The highest BCUT2D eigenvalue weighted by Gasteiger charge is 2.18. The Morgan fingerprint density at radius 3 is 3.09 bits per heavy atom. The van der Waals surface area contributed by atoms with Crippen LogP contribution in [0.25, 0.3) is 0 Å². The standard InChI is InChI=1S/C8H10NO.HI/c1-7-2-3-8-9(6-7)4-5-10-8;/h2-3,6H,4-5H2,1H3;1H/q+1;/p-1. The third-order valence-electron chi connectivity index (χ3n) is 1.71. The van der Waals surface area contributed by atoms with Crippen LogP contribution in [0.5, 0.6) is 5.88 Å². The van der Waals surface area contributed by atoms with Gasteiger partial charge in [-0.25, -0.2) is 0 Å². The fraction of sp³-hybridized carbons (Fsp3) is 0.375. The number of nitrogens with zero attached hydrogens (tertiary/aromatic N) is 1. The minimum absolute atomic E-state index is 0. The maximum absolute atomic E-state index is 5.32. The first-order valence-corrected chi connectivity index (χ1v) is 3.49. The predicted octanol–water partition coefficient (Wildman–Crippen LogP) is -2.32. The minimum Gasteiger partial charge on any atom is -1.00 e. The summed E-state index contributed by atoms with van der Waals surface area (Å²) in [5.74, 6) is 0.991. The average molecular weight is 263 g/mol. The normalized spacial score (nSPS) is 13.2. The molecule has 3 heteroatoms. The molecule has 0 radical (unpaired) electrons. The lowest BCUT2D eigenvalue weighted by molar-refractivity contribution is -0.679. The smallest absolute Gasteiger partial charge is 0.368 e. The molecule has 0 saturated carbocycles. The van der Waals surface area contributed by atoms with E-state index in [1.165, 1.54) is 5.56 Å². The van der Waals surface area contributed by atoms with Crippen LogP contribution in [0, 0.1) is 6.92 Å². The van der Waals surface area contributed by atoms with E-state index in [1.54, 1.807) is 0 Å². The van der Waals surface area contributed by atoms with E-state index in [0.29, 0.717) is 0 Å². The van der Waals surface area contributed by atoms with Gasteiger partial charge in [-0.05, 0) is 13.0 Å². The second kappa shape index (κ2) is 3.38. The summed E-state index contributed by atoms with van der Waals surface area (Å²) in [7, 11) is 0. The second-order valence-corrected chi connectivity index (χ2v) is 2.59. The minimum atomic E-state index is 0. The molecule has 0 amide bonds. The summed E-state index contributed by atoms with van der Waals surface area (Å²) in [6.45, 7) is 3.91. The average Bonchev–Trinajstić information content (AvgIpc) is 2.33. The SMILES string of the molecule is Cc1ccc2[n+](c1)CCO2.[I-]. The molecule has 0 unspecified atom stereocenters. The van der Waals surface area contributed by atoms with Crippen LogP contribution in [-0.4, -0.2) is 6.61 Å². The van der Waals surface area contributed by atoms with Crippen molar-refractivity contribution in [1.82, 2.24) is 0 Å². The Labute approximate surface area is 83.2 Å². The Morgan fingerprint density at radius 1 is 1.45 bits per heavy atom. The van der Waals surface area contributed by atoms with Crippen molar-refractivity contribution in [3.63, 3.8) is 0 Å². The molecule has 0 atom stereocenters. The number of aryl methyl sites for hydroxylation is 1. The maximum Gasteiger partial charge on any atom is 0.368 e. The third kappa shape index (κ3) is 1.64. The largest absolute Gasteiger partial charge is 1.00 e. The van der Waals surface area contributed by atoms with E-state index in [-0.39, 0.29) is 24.0 Å². The topological polar surface area (TPSA) is 13.1 Å². The van der Waals surface area contributed by atoms with E-state index in [4.69, 9.17) is 4.74 Å². The predicted molar refractivity (Wildman–Crippen MR) is 36.9 cm³/mol. The first-order chi connectivity index (χ1) is 4.86. The molecule has 1 aromatic rings. The number of aromatic nitrogens is 1. The number of fused-ring (bicyclic) bond motifs is 1. The van der Waals surface area contributed by atoms with Crippen molar-refractivity contribution in [1.29, 1.82) is 0 Å². The number of hydrogen-bond donors (Lipinski definition) is 0. The Morgan fingerprint density at radius 2 is 2.27 bits per heavy atom. The summed E-state index contributed by atoms with van der Waals surface area (Å²) >= 11 is 0. The van der Waals surface area contributed by atoms with Crippen molar-refractivity contribution >= 4 is 0 Å². The van der Waals surface area contributed by atoms with E-state index in [2.05, 4.69) is 23.8 Å². The van der Waals surface area contributed by atoms with Gasteiger partial charge < -0.3 is 28.7 Å². The molecule has 2 heterocycles. The fourth-order valence-corrected chi connectivity index (χ4v) is 1.21. The van der Waals surface area contributed by atoms with E-state index >= 15 is 0 Å². The molecule has 0 fully saturated rings. The zero-order chi connectivity index (χ0) is 6.97. The second-order valence-electron chi connectivity index (χ2n) is 2.59. The van der Waals surface area contributed by atoms with Crippen molar-refractivity contribution in [3.05, 3.63) is 23.9 Å². The molecular weight excluding hydrogens is 253 g/mol. The molecule has 1 aliphatic rings. The van der Waals surface area contributed by atoms with Crippen molar-refractivity contribution < 1.29 is 33.3 Å². The first kappa shape index (κ1) is 8.77. The molecule has 0 saturated heterocycles. The summed E-state index contributed by atoms with van der Waals surface area (Å²) in [6, 6.07) is 4.08. The summed E-state index contributed by atoms with van der Waals surface area (Å²) in [5, 5.41) is 0. The molecule has 2 nitrogen and oxygen atoms in total. The van der Waals surface area contributed by atoms with E-state index in [0.717, 1.165) is 19.0 Å². The van der Waals surface area contributed by atoms with Crippen LogP contribution in [0.4, 0.5) is 0 Å². The highest BCUT2D eigenvalue weighted by Crippen LogP contribution is 2.08. The van der Waals surface area contributed by atoms with Gasteiger partial charge in [0.15, 0.2) is 19.3 Å². The van der Waals surface area contributed by atoms with Gasteiger partial charge in [0.1, 0.15) is 0 Å². The molecule has 1 aromatic heterocycles. The number of rotatable bonds is 0. The Kier molecular flexibility index (Phi) is 2.70. The lowest BCUT2D eigenvalue weighted by atomic mass is 10.3. The molecule has 60 valence electrons. The zero-order valence-corrected chi connectivity index (χ0v) is 8.54. The lowest BCUT2D eigenvalue weighted by Crippen LogP contribution is -3.00. The van der Waals surface area contributed by atoms with Gasteiger partial charge in [-0.1, -0.05) is 0 Å². The molecule has 0 bridgehead atoms. The molecule has 1 aliphatic heterocycles. The summed E-state index contributed by atoms with van der Waals surface area (Å²) in [5.41, 5.74) is 1.29. The highest BCUT2D eigenvalue weighted by molar-refractivity contribution is 5.11. The van der Waals surface area contributed by atoms with Gasteiger partial charge in [0.2, 0.25) is 0 Å². The van der Waals surface area contributed by atoms with Crippen LogP contribution in [0.3, 0.4) is 0 Å². The van der Waals surface area contributed by atoms with Gasteiger partial charge in [-0.2, -0.15) is 4.57 Å². The van der Waals surface area contributed by atoms with Crippen LogP contribution < -0.4 is 33.3 Å². The van der Waals surface area contributed by atoms with Crippen molar-refractivity contribution in [2.75, 3.05) is 6.61 Å². The molecular formula is C8H10INO. The molecule has 0 aliphatic carbocycles. The quantitative estimate of drug-likeness (QED) is 0.378. The molecule has 0 aromatic carbocycles. The summed E-state index contributed by atoms with van der Waals surface area (Å²) in [6.07, 6.45) is 2.11. The van der Waals surface area contributed by atoms with E-state index < -0.39 is 0 Å². The third-order valence-corrected chi connectivity index (χ3v) is 1.71. The Hall–Kier alpha value is -0.320. The van der Waals surface area contributed by atoms with Crippen LogP contribution in [-0.2, 0) is 6.54 Å². The monoisotopic (exact) mass is 263 g/mol. The fourth-order valence-electron chi connectivity index (χ4n) is 1.21. The first-order valence-electron chi connectivity index (χ1n) is 3.49. The van der Waals surface area contributed by atoms with Crippen molar-refractivity contribution in [3.8, 4) is 5.88 Å². The highest BCUT2D eigenvalue weighted by atomic mass is 127. The van der Waals surface area contributed by atoms with Gasteiger partial charge in [0, 0.05) is 5.56 Å². The van der Waals surface area contributed by atoms with Crippen LogP contribution in [0.15, 0.2) is 18.3 Å². The van der Waals surface area contributed by atoms with Crippen LogP contribution >= 0.6 is 0 Å². The van der Waals surface area contributed by atoms with Gasteiger partial charge in [0.25, 0.3) is 0 Å². The van der Waals surface area contributed by atoms with Crippen LogP contribution in [0.2, 0.25) is 0 Å². The molecule has 0 N–H and O–H groups in total. The number of ether oxygens (including phenoxy) is 1. The number of pyridine rings is 1.